The van der Waals surface area contributed by atoms with Crippen molar-refractivity contribution in [2.75, 3.05) is 7.05 Å². The summed E-state index contributed by atoms with van der Waals surface area (Å²) in [7, 11) is 1.95. The van der Waals surface area contributed by atoms with Gasteiger partial charge in [-0.25, -0.2) is 4.39 Å². The zero-order valence-corrected chi connectivity index (χ0v) is 13.1. The Morgan fingerprint density at radius 2 is 1.71 bits per heavy atom. The third-order valence-corrected chi connectivity index (χ3v) is 4.20. The molecule has 0 aromatic heterocycles. The monoisotopic (exact) mass is 285 g/mol. The molecule has 0 amide bonds. The molecule has 0 fully saturated rings. The first-order chi connectivity index (χ1) is 10.1. The summed E-state index contributed by atoms with van der Waals surface area (Å²) >= 11 is 0. The van der Waals surface area contributed by atoms with Crippen LogP contribution < -0.4 is 5.32 Å². The van der Waals surface area contributed by atoms with E-state index in [4.69, 9.17) is 0 Å². The molecule has 2 rings (SSSR count). The highest BCUT2D eigenvalue weighted by molar-refractivity contribution is 5.29. The molecule has 0 aliphatic heterocycles. The van der Waals surface area contributed by atoms with E-state index in [0.717, 1.165) is 18.4 Å². The minimum Gasteiger partial charge on any atom is -0.313 e. The summed E-state index contributed by atoms with van der Waals surface area (Å²) in [6.45, 7) is 4.45. The van der Waals surface area contributed by atoms with Crippen LogP contribution in [-0.2, 0) is 6.42 Å². The second-order valence-electron chi connectivity index (χ2n) is 5.65. The van der Waals surface area contributed by atoms with E-state index >= 15 is 0 Å². The standard InChI is InChI=1S/C19H24FN/c1-4-14(2)16-8-10-17(11-9-16)19(21-3)13-15-6-5-7-18(20)12-15/h5-12,14,19,21H,4,13H2,1-3H3. The third-order valence-electron chi connectivity index (χ3n) is 4.20. The topological polar surface area (TPSA) is 12.0 Å². The van der Waals surface area contributed by atoms with Crippen LogP contribution in [0.2, 0.25) is 0 Å². The maximum atomic E-state index is 13.3. The molecule has 2 unspecified atom stereocenters. The molecule has 0 heterocycles. The van der Waals surface area contributed by atoms with Crippen molar-refractivity contribution in [3.05, 3.63) is 71.0 Å². The maximum absolute atomic E-state index is 13.3. The van der Waals surface area contributed by atoms with Crippen LogP contribution in [0.3, 0.4) is 0 Å². The first kappa shape index (κ1) is 15.7. The van der Waals surface area contributed by atoms with Gasteiger partial charge >= 0.3 is 0 Å². The number of nitrogens with one attached hydrogen (secondary N) is 1. The van der Waals surface area contributed by atoms with Gasteiger partial charge in [0, 0.05) is 6.04 Å². The fourth-order valence-corrected chi connectivity index (χ4v) is 2.58. The Morgan fingerprint density at radius 1 is 1.05 bits per heavy atom. The van der Waals surface area contributed by atoms with Gasteiger partial charge in [0.2, 0.25) is 0 Å². The van der Waals surface area contributed by atoms with Gasteiger partial charge in [-0.2, -0.15) is 0 Å². The van der Waals surface area contributed by atoms with Crippen molar-refractivity contribution in [1.29, 1.82) is 0 Å². The average molecular weight is 285 g/mol. The Balaban J connectivity index is 2.14. The lowest BCUT2D eigenvalue weighted by Crippen LogP contribution is -2.19. The normalized spacial score (nSPS) is 13.9. The molecule has 2 aromatic rings. The molecule has 0 saturated heterocycles. The molecular weight excluding hydrogens is 261 g/mol. The van der Waals surface area contributed by atoms with Gasteiger partial charge in [-0.15, -0.1) is 0 Å². The van der Waals surface area contributed by atoms with E-state index in [9.17, 15) is 4.39 Å². The largest absolute Gasteiger partial charge is 0.313 e. The van der Waals surface area contributed by atoms with E-state index in [1.807, 2.05) is 13.1 Å². The molecule has 112 valence electrons. The lowest BCUT2D eigenvalue weighted by molar-refractivity contribution is 0.583. The van der Waals surface area contributed by atoms with Crippen LogP contribution in [0.5, 0.6) is 0 Å². The van der Waals surface area contributed by atoms with Crippen LogP contribution in [0.4, 0.5) is 4.39 Å². The van der Waals surface area contributed by atoms with Gasteiger partial charge in [-0.3, -0.25) is 0 Å². The Hall–Kier alpha value is -1.67. The number of benzene rings is 2. The van der Waals surface area contributed by atoms with E-state index < -0.39 is 0 Å². The zero-order valence-electron chi connectivity index (χ0n) is 13.1. The van der Waals surface area contributed by atoms with Crippen LogP contribution in [-0.4, -0.2) is 7.05 Å². The van der Waals surface area contributed by atoms with Crippen LogP contribution in [0, 0.1) is 5.82 Å². The van der Waals surface area contributed by atoms with Crippen LogP contribution in [0.1, 0.15) is 48.9 Å². The number of rotatable bonds is 6. The second kappa shape index (κ2) is 7.37. The zero-order chi connectivity index (χ0) is 15.2. The van der Waals surface area contributed by atoms with Crippen LogP contribution in [0.25, 0.3) is 0 Å². The van der Waals surface area contributed by atoms with Gasteiger partial charge in [0.15, 0.2) is 0 Å². The van der Waals surface area contributed by atoms with Gasteiger partial charge < -0.3 is 5.32 Å². The summed E-state index contributed by atoms with van der Waals surface area (Å²) in [4.78, 5) is 0. The quantitative estimate of drug-likeness (QED) is 0.800. The Morgan fingerprint density at radius 3 is 2.29 bits per heavy atom. The van der Waals surface area contributed by atoms with E-state index in [1.165, 1.54) is 17.2 Å². The fraction of sp³-hybridized carbons (Fsp3) is 0.368. The minimum absolute atomic E-state index is 0.172. The van der Waals surface area contributed by atoms with Crippen molar-refractivity contribution in [1.82, 2.24) is 5.32 Å². The van der Waals surface area contributed by atoms with Crippen molar-refractivity contribution < 1.29 is 4.39 Å². The Kier molecular flexibility index (Phi) is 5.51. The molecule has 0 aliphatic carbocycles. The number of halogens is 1. The average Bonchev–Trinajstić information content (AvgIpc) is 2.52. The van der Waals surface area contributed by atoms with Crippen molar-refractivity contribution in [3.8, 4) is 0 Å². The number of hydrogen-bond donors (Lipinski definition) is 1. The lowest BCUT2D eigenvalue weighted by atomic mass is 9.94. The first-order valence-corrected chi connectivity index (χ1v) is 7.65. The molecule has 0 saturated carbocycles. The summed E-state index contributed by atoms with van der Waals surface area (Å²) < 4.78 is 13.3. The van der Waals surface area contributed by atoms with E-state index in [0.29, 0.717) is 5.92 Å². The lowest BCUT2D eigenvalue weighted by Gasteiger charge is -2.18. The molecule has 2 atom stereocenters. The number of likely N-dealkylation sites (N-methyl/N-ethyl adjacent to an activating group) is 1. The van der Waals surface area contributed by atoms with Gasteiger partial charge in [-0.1, -0.05) is 50.2 Å². The molecule has 2 heteroatoms. The molecule has 1 N–H and O–H groups in total. The predicted octanol–water partition coefficient (Wildman–Crippen LogP) is 4.84. The Labute approximate surface area is 127 Å². The van der Waals surface area contributed by atoms with Crippen molar-refractivity contribution in [2.24, 2.45) is 0 Å². The highest BCUT2D eigenvalue weighted by Gasteiger charge is 2.11. The molecule has 2 aromatic carbocycles. The third kappa shape index (κ3) is 4.15. The molecule has 21 heavy (non-hydrogen) atoms. The second-order valence-corrected chi connectivity index (χ2v) is 5.65. The minimum atomic E-state index is -0.172. The smallest absolute Gasteiger partial charge is 0.123 e. The number of hydrogen-bond acceptors (Lipinski definition) is 1. The van der Waals surface area contributed by atoms with E-state index in [-0.39, 0.29) is 11.9 Å². The van der Waals surface area contributed by atoms with Crippen molar-refractivity contribution in [3.63, 3.8) is 0 Å². The van der Waals surface area contributed by atoms with Crippen molar-refractivity contribution in [2.45, 2.75) is 38.6 Å². The molecular formula is C19H24FN. The molecule has 0 aliphatic rings. The van der Waals surface area contributed by atoms with Crippen LogP contribution >= 0.6 is 0 Å². The summed E-state index contributed by atoms with van der Waals surface area (Å²) in [6, 6.07) is 15.8. The highest BCUT2D eigenvalue weighted by Crippen LogP contribution is 2.23. The summed E-state index contributed by atoms with van der Waals surface area (Å²) in [5.41, 5.74) is 3.64. The van der Waals surface area contributed by atoms with E-state index in [1.54, 1.807) is 12.1 Å². The van der Waals surface area contributed by atoms with Gasteiger partial charge in [0.1, 0.15) is 5.82 Å². The predicted molar refractivity (Wildman–Crippen MR) is 87.1 cm³/mol. The van der Waals surface area contributed by atoms with E-state index in [2.05, 4.69) is 43.4 Å². The first-order valence-electron chi connectivity index (χ1n) is 7.65. The van der Waals surface area contributed by atoms with Crippen molar-refractivity contribution >= 4 is 0 Å². The molecule has 0 spiro atoms. The van der Waals surface area contributed by atoms with Gasteiger partial charge in [0.05, 0.1) is 0 Å². The van der Waals surface area contributed by atoms with Gasteiger partial charge in [0.25, 0.3) is 0 Å². The SMILES string of the molecule is CCC(C)c1ccc(C(Cc2cccc(F)c2)NC)cc1. The molecule has 0 bridgehead atoms. The summed E-state index contributed by atoms with van der Waals surface area (Å²) in [5.74, 6) is 0.421. The summed E-state index contributed by atoms with van der Waals surface area (Å²) in [6.07, 6.45) is 1.94. The maximum Gasteiger partial charge on any atom is 0.123 e. The summed E-state index contributed by atoms with van der Waals surface area (Å²) in [5, 5.41) is 3.33. The molecule has 1 nitrogen and oxygen atoms in total. The highest BCUT2D eigenvalue weighted by atomic mass is 19.1. The fourth-order valence-electron chi connectivity index (χ4n) is 2.58. The van der Waals surface area contributed by atoms with Crippen LogP contribution in [0.15, 0.2) is 48.5 Å². The molecule has 0 radical (unpaired) electrons. The van der Waals surface area contributed by atoms with Gasteiger partial charge in [-0.05, 0) is 54.6 Å². The Bertz CT molecular complexity index is 562.